The first-order chi connectivity index (χ1) is 56.0. The monoisotopic (exact) mass is 1770 g/mol. The molecule has 5 atom stereocenters. The van der Waals surface area contributed by atoms with Crippen molar-refractivity contribution in [2.75, 3.05) is 53.6 Å². The van der Waals surface area contributed by atoms with Crippen LogP contribution in [0.3, 0.4) is 0 Å². The molecule has 47 heteroatoms. The van der Waals surface area contributed by atoms with Gasteiger partial charge in [0, 0.05) is 132 Å². The molecule has 4 amide bonds. The van der Waals surface area contributed by atoms with E-state index in [1.165, 1.54) is 74.3 Å². The molecular formula is C72H83Cl4F13N24O6. The van der Waals surface area contributed by atoms with Crippen molar-refractivity contribution < 1.29 is 99.3 Å². The number of alkyl halides is 12. The summed E-state index contributed by atoms with van der Waals surface area (Å²) in [4.78, 5) is 113. The van der Waals surface area contributed by atoms with Gasteiger partial charge in [0.2, 0.25) is 23.6 Å². The van der Waals surface area contributed by atoms with Gasteiger partial charge in [0.25, 0.3) is 0 Å². The number of aliphatic hydroxyl groups excluding tert-OH is 1. The van der Waals surface area contributed by atoms with Crippen LogP contribution in [0.5, 0.6) is 5.75 Å². The number of amides is 4. The second kappa shape index (κ2) is 37.6. The minimum absolute atomic E-state index is 0. The molecule has 119 heavy (non-hydrogen) atoms. The molecule has 646 valence electrons. The van der Waals surface area contributed by atoms with Crippen LogP contribution >= 0.6 is 46.4 Å². The largest absolute Gasteiger partial charge is 0.503 e. The van der Waals surface area contributed by atoms with Crippen molar-refractivity contribution in [1.82, 2.24) is 101 Å². The zero-order valence-electron chi connectivity index (χ0n) is 61.8. The van der Waals surface area contributed by atoms with E-state index < -0.39 is 116 Å². The maximum Gasteiger partial charge on any atom is 0.405 e. The van der Waals surface area contributed by atoms with Gasteiger partial charge in [-0.3, -0.25) is 19.2 Å². The van der Waals surface area contributed by atoms with Crippen LogP contribution in [0.1, 0.15) is 59.8 Å². The fourth-order valence-electron chi connectivity index (χ4n) is 11.4. The smallest absolute Gasteiger partial charge is 0.405 e. The summed E-state index contributed by atoms with van der Waals surface area (Å²) in [6.45, 7) is 0.370. The predicted octanol–water partition coefficient (Wildman–Crippen LogP) is 15.2. The molecule has 1 aliphatic heterocycles. The second-order valence-electron chi connectivity index (χ2n) is 26.4. The molecule has 1 fully saturated rings. The number of hydrogen-bond donors (Lipinski definition) is 13. The highest BCUT2D eigenvalue weighted by atomic mass is 35.5. The Kier molecular flexibility index (Phi) is 28.1. The van der Waals surface area contributed by atoms with Crippen LogP contribution in [0, 0.1) is 24.1 Å². The standard InChI is InChI=1S/C19H19ClF4N6O.C18H16ClF3N6O2.C18H14ClF3N6O.C17H16ClF3N6O2.9H2/c1-9(2)18(3,17(31)28-8-19(22,23)24)30-16-13(21)7-27-15(29-16)12-6-26-14-11(12)4-10(20)5-25-14;19-9-4-10-11(6-24-14(10)23-5-9)15-25-7-13(29)16(27-15)28-3-1-2-12(28)17(30)26-8-18(20,21)22;1-2-3-13(17(29)26-9-18(20,21)22)27-14-4-5-23-16(28-14)12-8-25-15-11(12)6-10(19)7-24-15;1-8(28)13(16(29)25-7-17(19,20)21)26-12-2-3-22-15(27-12)11-6-24-14-10(11)4-9(18)5-23-14;;;;;;;;;/h4-7,9H,8H2,1-3H3,(H,25,26)(H,28,31)(H,27,29,30);4-7,12,29H,1-3,8H2,(H,23,24)(H,26,30);1,4-8,13H,3,9H2,(H,24,25)(H,26,29)(H,23,27,28);2-6,8,13,28H,7H2,1H3,(H,23,24)(H,25,29)(H,22,26,27);9*1H/t18-;12-;13-;8-,13-;;;;;;;;;/m1111........./s1. The number of fused-ring (bicyclic) bond motifs is 4. The lowest BCUT2D eigenvalue weighted by molar-refractivity contribution is -0.141. The Morgan fingerprint density at radius 1 is 0.563 bits per heavy atom. The molecule has 12 aromatic heterocycles. The molecule has 0 radical (unpaired) electrons. The van der Waals surface area contributed by atoms with Crippen molar-refractivity contribution >= 4 is 137 Å². The number of aliphatic hydroxyl groups is 1. The normalized spacial score (nSPS) is 14.3. The van der Waals surface area contributed by atoms with E-state index in [1.807, 2.05) is 16.0 Å². The topological polar surface area (TPSA) is 414 Å². The summed E-state index contributed by atoms with van der Waals surface area (Å²) < 4.78 is 163. The molecule has 13 N–H and O–H groups in total. The number of hydrogen-bond acceptors (Lipinski definition) is 22. The predicted molar refractivity (Wildman–Crippen MR) is 433 cm³/mol. The van der Waals surface area contributed by atoms with Crippen molar-refractivity contribution in [3.05, 3.63) is 137 Å². The Labute approximate surface area is 696 Å². The van der Waals surface area contributed by atoms with Crippen molar-refractivity contribution in [2.45, 2.75) is 101 Å². The number of carbonyl (C=O) groups excluding carboxylic acids is 4. The summed E-state index contributed by atoms with van der Waals surface area (Å²) in [6, 6.07) is 6.30. The molecule has 13 rings (SSSR count). The van der Waals surface area contributed by atoms with Crippen molar-refractivity contribution in [3.8, 4) is 63.6 Å². The molecule has 0 bridgehead atoms. The Balaban J connectivity index is 0.000000834. The molecule has 0 unspecified atom stereocenters. The zero-order valence-corrected chi connectivity index (χ0v) is 64.8. The van der Waals surface area contributed by atoms with Crippen LogP contribution in [-0.4, -0.2) is 201 Å². The molecule has 0 saturated carbocycles. The molecule has 1 aliphatic rings. The van der Waals surface area contributed by atoms with Gasteiger partial charge < -0.3 is 72.3 Å². The van der Waals surface area contributed by atoms with E-state index in [1.54, 1.807) is 68.2 Å². The SMILES string of the molecule is C#CC[C@@H](Nc1ccnc(-c2c[nH]c3ncc(Cl)cc23)n1)C(=O)NCC(F)(F)F.CC(C)[C@@](C)(Nc1nc(-c2c[nH]c3ncc(Cl)cc23)ncc1F)C(=O)NCC(F)(F)F.C[C@@H](O)[C@@H](Nc1ccnc(-c2c[nH]c3ncc(Cl)cc23)n1)C(=O)NCC(F)(F)F.O=C(NCC(F)(F)F)[C@H]1CCCN1c1nc(-c2c[nH]c3ncc(Cl)cc23)ncc1O.[HH].[HH].[HH].[HH].[HH].[HH].[HH].[HH].[HH]. The highest BCUT2D eigenvalue weighted by Gasteiger charge is 2.41. The molecule has 0 aromatic carbocycles. The summed E-state index contributed by atoms with van der Waals surface area (Å²) in [5, 5.41) is 39.7. The number of pyridine rings is 4. The van der Waals surface area contributed by atoms with E-state index in [0.29, 0.717) is 112 Å². The third-order valence-electron chi connectivity index (χ3n) is 17.5. The maximum atomic E-state index is 14.5. The first kappa shape index (κ1) is 89.1. The number of aromatic nitrogens is 16. The number of carbonyl (C=O) groups is 4. The number of nitrogens with one attached hydrogen (secondary N) is 11. The van der Waals surface area contributed by atoms with Crippen molar-refractivity contribution in [2.24, 2.45) is 5.92 Å². The average Bonchev–Trinajstić information content (AvgIpc) is 1.61. The minimum Gasteiger partial charge on any atom is -0.503 e. The van der Waals surface area contributed by atoms with Gasteiger partial charge in [-0.15, -0.1) is 12.3 Å². The van der Waals surface area contributed by atoms with Crippen LogP contribution in [0.15, 0.2) is 111 Å². The molecule has 1 saturated heterocycles. The highest BCUT2D eigenvalue weighted by molar-refractivity contribution is 6.32. The molecule has 0 aliphatic carbocycles. The number of anilines is 4. The van der Waals surface area contributed by atoms with E-state index >= 15 is 0 Å². The number of nitrogens with zero attached hydrogens (tertiary/aromatic N) is 13. The van der Waals surface area contributed by atoms with Gasteiger partial charge in [-0.25, -0.2) is 64.2 Å². The first-order valence-corrected chi connectivity index (χ1v) is 36.4. The van der Waals surface area contributed by atoms with Crippen molar-refractivity contribution in [3.63, 3.8) is 0 Å². The van der Waals surface area contributed by atoms with E-state index in [2.05, 4.69) is 102 Å². The fourth-order valence-corrected chi connectivity index (χ4v) is 12.1. The summed E-state index contributed by atoms with van der Waals surface area (Å²) in [7, 11) is 0. The van der Waals surface area contributed by atoms with Gasteiger partial charge in [-0.2, -0.15) is 52.7 Å². The van der Waals surface area contributed by atoms with Gasteiger partial charge >= 0.3 is 24.7 Å². The van der Waals surface area contributed by atoms with Crippen LogP contribution in [0.4, 0.5) is 80.3 Å². The molecular weight excluding hydrogens is 1690 g/mol. The number of H-pyrrole nitrogens is 4. The van der Waals surface area contributed by atoms with Gasteiger partial charge in [0.15, 0.2) is 46.5 Å². The third kappa shape index (κ3) is 23.6. The van der Waals surface area contributed by atoms with Gasteiger partial charge in [0.1, 0.15) is 84.1 Å². The lowest BCUT2D eigenvalue weighted by Crippen LogP contribution is -2.55. The van der Waals surface area contributed by atoms with Crippen molar-refractivity contribution in [1.29, 1.82) is 0 Å². The maximum absolute atomic E-state index is 14.5. The third-order valence-corrected chi connectivity index (χ3v) is 18.3. The lowest BCUT2D eigenvalue weighted by atomic mass is 9.87. The van der Waals surface area contributed by atoms with Gasteiger partial charge in [-0.1, -0.05) is 60.3 Å². The fraction of sp³-hybridized carbons (Fsp3) is 0.306. The molecule has 0 spiro atoms. The average molecular weight is 1770 g/mol. The number of halogens is 17. The summed E-state index contributed by atoms with van der Waals surface area (Å²) in [6.07, 6.45) is 3.94. The molecule has 30 nitrogen and oxygen atoms in total. The number of aromatic amines is 4. The summed E-state index contributed by atoms with van der Waals surface area (Å²) >= 11 is 24.0. The quantitative estimate of drug-likeness (QED) is 0.0221. The van der Waals surface area contributed by atoms with Crippen LogP contribution < -0.4 is 42.1 Å². The van der Waals surface area contributed by atoms with Gasteiger partial charge in [-0.05, 0) is 69.0 Å². The molecule has 12 aromatic rings. The van der Waals surface area contributed by atoms with E-state index in [4.69, 9.17) is 52.8 Å². The summed E-state index contributed by atoms with van der Waals surface area (Å²) in [5.74, 6) is -1.94. The zero-order chi connectivity index (χ0) is 86.6. The van der Waals surface area contributed by atoms with Crippen LogP contribution in [0.2, 0.25) is 20.1 Å². The first-order valence-electron chi connectivity index (χ1n) is 34.9. The number of aromatic hydroxyl groups is 1. The second-order valence-corrected chi connectivity index (χ2v) is 28.2. The Bertz CT molecular complexity index is 5730. The highest BCUT2D eigenvalue weighted by Crippen LogP contribution is 2.37. The Morgan fingerprint density at radius 3 is 1.39 bits per heavy atom. The van der Waals surface area contributed by atoms with E-state index in [9.17, 15) is 86.5 Å². The number of terminal acetylenes is 1. The molecule has 13 heterocycles. The lowest BCUT2D eigenvalue weighted by Gasteiger charge is -2.34. The Hall–Kier alpha value is -12.3. The van der Waals surface area contributed by atoms with Gasteiger partial charge in [0.05, 0.1) is 38.6 Å². The van der Waals surface area contributed by atoms with E-state index in [0.717, 1.165) is 6.20 Å². The Morgan fingerprint density at radius 2 is 0.966 bits per heavy atom. The number of rotatable bonds is 22. The van der Waals surface area contributed by atoms with Crippen LogP contribution in [-0.2, 0) is 19.2 Å². The van der Waals surface area contributed by atoms with Crippen LogP contribution in [0.25, 0.3) is 89.7 Å². The van der Waals surface area contributed by atoms with E-state index in [-0.39, 0.29) is 65.8 Å². The summed E-state index contributed by atoms with van der Waals surface area (Å²) in [5.41, 5.74) is 2.94. The minimum atomic E-state index is -4.58.